The van der Waals surface area contributed by atoms with E-state index in [1.807, 2.05) is 36.1 Å². The summed E-state index contributed by atoms with van der Waals surface area (Å²) < 4.78 is 0. The summed E-state index contributed by atoms with van der Waals surface area (Å²) in [6, 6.07) is 8.05. The van der Waals surface area contributed by atoms with Crippen LogP contribution in [0.3, 0.4) is 0 Å². The quantitative estimate of drug-likeness (QED) is 0.693. The van der Waals surface area contributed by atoms with Crippen molar-refractivity contribution in [3.63, 3.8) is 0 Å². The summed E-state index contributed by atoms with van der Waals surface area (Å²) in [5.74, 6) is 0.661. The summed E-state index contributed by atoms with van der Waals surface area (Å²) in [5, 5.41) is 0. The van der Waals surface area contributed by atoms with Gasteiger partial charge in [-0.2, -0.15) is 0 Å². The second-order valence-corrected chi connectivity index (χ2v) is 7.30. The van der Waals surface area contributed by atoms with Gasteiger partial charge in [-0.05, 0) is 44.1 Å². The van der Waals surface area contributed by atoms with Gasteiger partial charge in [0.15, 0.2) is 5.78 Å². The van der Waals surface area contributed by atoms with Gasteiger partial charge in [0.25, 0.3) is 0 Å². The number of likely N-dealkylation sites (tertiary alicyclic amines) is 1. The van der Waals surface area contributed by atoms with E-state index < -0.39 is 0 Å². The van der Waals surface area contributed by atoms with E-state index >= 15 is 0 Å². The molecule has 0 aromatic heterocycles. The molecule has 26 heavy (non-hydrogen) atoms. The Morgan fingerprint density at radius 3 is 2.31 bits per heavy atom. The van der Waals surface area contributed by atoms with Crippen molar-refractivity contribution in [2.45, 2.75) is 64.8 Å². The molecule has 4 nitrogen and oxygen atoms in total. The average Bonchev–Trinajstić information content (AvgIpc) is 2.64. The van der Waals surface area contributed by atoms with Gasteiger partial charge in [-0.3, -0.25) is 9.59 Å². The monoisotopic (exact) mass is 380 g/mol. The summed E-state index contributed by atoms with van der Waals surface area (Å²) in [6.45, 7) is 5.75. The maximum Gasteiger partial charge on any atom is 0.223 e. The van der Waals surface area contributed by atoms with Crippen LogP contribution < -0.4 is 5.73 Å². The Kier molecular flexibility index (Phi) is 9.89. The third-order valence-electron chi connectivity index (χ3n) is 5.30. The highest BCUT2D eigenvalue weighted by Gasteiger charge is 2.24. The molecule has 146 valence electrons. The third kappa shape index (κ3) is 6.73. The number of benzene rings is 1. The number of rotatable bonds is 8. The number of unbranched alkanes of at least 4 members (excludes halogenated alkanes) is 1. The minimum absolute atomic E-state index is 0. The van der Waals surface area contributed by atoms with Crippen LogP contribution in [0.5, 0.6) is 0 Å². The Labute approximate surface area is 163 Å². The molecule has 0 saturated carbocycles. The van der Waals surface area contributed by atoms with Gasteiger partial charge >= 0.3 is 0 Å². The van der Waals surface area contributed by atoms with Gasteiger partial charge in [0, 0.05) is 37.5 Å². The predicted octanol–water partition coefficient (Wildman–Crippen LogP) is 4.00. The lowest BCUT2D eigenvalue weighted by Gasteiger charge is -2.33. The van der Waals surface area contributed by atoms with Crippen LogP contribution in [0.25, 0.3) is 0 Å². The van der Waals surface area contributed by atoms with Crippen molar-refractivity contribution < 1.29 is 9.59 Å². The van der Waals surface area contributed by atoms with Gasteiger partial charge in [0.2, 0.25) is 5.91 Å². The molecule has 1 unspecified atom stereocenters. The molecule has 1 atom stereocenters. The second-order valence-electron chi connectivity index (χ2n) is 7.30. The summed E-state index contributed by atoms with van der Waals surface area (Å²) in [7, 11) is 0. The molecule has 1 amide bonds. The maximum atomic E-state index is 12.3. The summed E-state index contributed by atoms with van der Waals surface area (Å²) in [5.41, 5.74) is 7.92. The normalized spacial score (nSPS) is 16.0. The van der Waals surface area contributed by atoms with Crippen molar-refractivity contribution in [2.75, 3.05) is 13.1 Å². The number of carbonyl (C=O) groups excluding carboxylic acids is 2. The molecule has 2 rings (SSSR count). The van der Waals surface area contributed by atoms with Crippen LogP contribution >= 0.6 is 12.4 Å². The first-order valence-electron chi connectivity index (χ1n) is 9.66. The van der Waals surface area contributed by atoms with Crippen molar-refractivity contribution >= 4 is 24.1 Å². The standard InChI is InChI=1S/C21H32N2O2.ClH/c1-3-4-5-17-6-8-19(9-7-17)20(24)10-11-21(25)23-14-12-18(13-15-23)16(2)22;/h6-9,16,18H,3-5,10-15,22H2,1-2H3;1H. The third-order valence-corrected chi connectivity index (χ3v) is 5.30. The number of carbonyl (C=O) groups is 2. The Hall–Kier alpha value is -1.39. The fourth-order valence-corrected chi connectivity index (χ4v) is 3.44. The van der Waals surface area contributed by atoms with E-state index in [2.05, 4.69) is 6.92 Å². The molecule has 2 N–H and O–H groups in total. The SMILES string of the molecule is CCCCc1ccc(C(=O)CCC(=O)N2CCC(C(C)N)CC2)cc1.Cl. The fourth-order valence-electron chi connectivity index (χ4n) is 3.44. The minimum atomic E-state index is 0. The molecule has 1 aromatic rings. The smallest absolute Gasteiger partial charge is 0.223 e. The number of hydrogen-bond donors (Lipinski definition) is 1. The number of nitrogens with two attached hydrogens (primary N) is 1. The Balaban J connectivity index is 0.00000338. The number of Topliss-reactive ketones (excluding diaryl/α,β-unsaturated/α-hetero) is 1. The lowest BCUT2D eigenvalue weighted by molar-refractivity contribution is -0.132. The van der Waals surface area contributed by atoms with Crippen molar-refractivity contribution in [1.82, 2.24) is 4.90 Å². The van der Waals surface area contributed by atoms with E-state index in [9.17, 15) is 9.59 Å². The molecule has 0 bridgehead atoms. The van der Waals surface area contributed by atoms with Gasteiger partial charge in [-0.15, -0.1) is 12.4 Å². The molecular weight excluding hydrogens is 348 g/mol. The van der Waals surface area contributed by atoms with E-state index in [4.69, 9.17) is 5.73 Å². The van der Waals surface area contributed by atoms with Crippen molar-refractivity contribution in [1.29, 1.82) is 0 Å². The molecule has 1 aromatic carbocycles. The topological polar surface area (TPSA) is 63.4 Å². The first-order valence-corrected chi connectivity index (χ1v) is 9.66. The van der Waals surface area contributed by atoms with Gasteiger partial charge < -0.3 is 10.6 Å². The van der Waals surface area contributed by atoms with Gasteiger partial charge in [0.1, 0.15) is 0 Å². The minimum Gasteiger partial charge on any atom is -0.343 e. The van der Waals surface area contributed by atoms with E-state index in [-0.39, 0.29) is 30.1 Å². The number of piperidine rings is 1. The number of ketones is 1. The van der Waals surface area contributed by atoms with Crippen LogP contribution in [0, 0.1) is 5.92 Å². The molecule has 1 aliphatic heterocycles. The van der Waals surface area contributed by atoms with Gasteiger partial charge in [-0.1, -0.05) is 37.6 Å². The molecule has 1 fully saturated rings. The maximum absolute atomic E-state index is 12.3. The second kappa shape index (κ2) is 11.3. The first-order chi connectivity index (χ1) is 12.0. The lowest BCUT2D eigenvalue weighted by atomic mass is 9.91. The van der Waals surface area contributed by atoms with Crippen LogP contribution in [0.2, 0.25) is 0 Å². The highest BCUT2D eigenvalue weighted by Crippen LogP contribution is 2.20. The van der Waals surface area contributed by atoms with Crippen molar-refractivity contribution in [2.24, 2.45) is 11.7 Å². The lowest BCUT2D eigenvalue weighted by Crippen LogP contribution is -2.42. The number of amides is 1. The zero-order valence-electron chi connectivity index (χ0n) is 16.1. The summed E-state index contributed by atoms with van der Waals surface area (Å²) in [6.07, 6.45) is 5.93. The number of hydrogen-bond acceptors (Lipinski definition) is 3. The highest BCUT2D eigenvalue weighted by atomic mass is 35.5. The van der Waals surface area contributed by atoms with Crippen LogP contribution in [-0.2, 0) is 11.2 Å². The first kappa shape index (κ1) is 22.7. The molecule has 1 heterocycles. The number of aryl methyl sites for hydroxylation is 1. The van der Waals surface area contributed by atoms with Crippen molar-refractivity contribution in [3.8, 4) is 0 Å². The molecule has 5 heteroatoms. The largest absolute Gasteiger partial charge is 0.343 e. The molecule has 1 aliphatic rings. The molecule has 0 spiro atoms. The molecule has 0 radical (unpaired) electrons. The van der Waals surface area contributed by atoms with Crippen LogP contribution in [0.1, 0.15) is 68.3 Å². The van der Waals surface area contributed by atoms with Crippen molar-refractivity contribution in [3.05, 3.63) is 35.4 Å². The van der Waals surface area contributed by atoms with Gasteiger partial charge in [0.05, 0.1) is 0 Å². The summed E-state index contributed by atoms with van der Waals surface area (Å²) >= 11 is 0. The van der Waals surface area contributed by atoms with Crippen LogP contribution in [0.15, 0.2) is 24.3 Å². The highest BCUT2D eigenvalue weighted by molar-refractivity contribution is 5.98. The summed E-state index contributed by atoms with van der Waals surface area (Å²) in [4.78, 5) is 26.5. The van der Waals surface area contributed by atoms with Crippen LogP contribution in [0.4, 0.5) is 0 Å². The molecular formula is C21H33ClN2O2. The van der Waals surface area contributed by atoms with E-state index in [0.717, 1.165) is 32.4 Å². The fraction of sp³-hybridized carbons (Fsp3) is 0.619. The molecule has 1 saturated heterocycles. The Bertz CT molecular complexity index is 564. The zero-order valence-corrected chi connectivity index (χ0v) is 16.9. The van der Waals surface area contributed by atoms with E-state index in [1.165, 1.54) is 18.4 Å². The molecule has 0 aliphatic carbocycles. The van der Waals surface area contributed by atoms with Gasteiger partial charge in [-0.25, -0.2) is 0 Å². The number of nitrogens with zero attached hydrogens (tertiary/aromatic N) is 1. The zero-order chi connectivity index (χ0) is 18.2. The van der Waals surface area contributed by atoms with Crippen LogP contribution in [-0.4, -0.2) is 35.7 Å². The number of halogens is 1. The Morgan fingerprint density at radius 2 is 1.77 bits per heavy atom. The Morgan fingerprint density at radius 1 is 1.15 bits per heavy atom. The van der Waals surface area contributed by atoms with E-state index in [1.54, 1.807) is 0 Å². The average molecular weight is 381 g/mol. The van der Waals surface area contributed by atoms with E-state index in [0.29, 0.717) is 24.3 Å². The predicted molar refractivity (Wildman–Crippen MR) is 109 cm³/mol.